The molecule has 15 heavy (non-hydrogen) atoms. The van der Waals surface area contributed by atoms with Crippen LogP contribution in [0.15, 0.2) is 40.9 Å². The number of benzene rings is 2. The maximum Gasteiger partial charge on any atom is 0.139 e. The zero-order chi connectivity index (χ0) is 10.4. The average molecular weight is 258 g/mol. The standard InChI is InChI=1S/C12H9BBrN/c13-7-1-3-11-9(5-7)10-6-8(14)2-4-12(10)15-11/h1-6,15H,13H2. The zero-order valence-corrected chi connectivity index (χ0v) is 9.93. The first-order valence-corrected chi connectivity index (χ1v) is 5.71. The highest BCUT2D eigenvalue weighted by Crippen LogP contribution is 2.26. The van der Waals surface area contributed by atoms with Crippen molar-refractivity contribution in [3.05, 3.63) is 40.9 Å². The summed E-state index contributed by atoms with van der Waals surface area (Å²) in [6.45, 7) is 0. The van der Waals surface area contributed by atoms with Gasteiger partial charge in [-0.05, 0) is 24.3 Å². The number of halogens is 1. The Morgan fingerprint density at radius 2 is 1.60 bits per heavy atom. The fourth-order valence-electron chi connectivity index (χ4n) is 1.98. The summed E-state index contributed by atoms with van der Waals surface area (Å²) >= 11 is 3.51. The molecule has 0 aliphatic heterocycles. The molecule has 3 rings (SSSR count). The molecule has 1 N–H and O–H groups in total. The number of rotatable bonds is 0. The molecule has 0 aliphatic carbocycles. The van der Waals surface area contributed by atoms with Gasteiger partial charge in [0.15, 0.2) is 0 Å². The van der Waals surface area contributed by atoms with E-state index in [2.05, 4.69) is 65.2 Å². The van der Waals surface area contributed by atoms with Gasteiger partial charge in [0.05, 0.1) is 0 Å². The molecule has 0 radical (unpaired) electrons. The zero-order valence-electron chi connectivity index (χ0n) is 8.34. The van der Waals surface area contributed by atoms with E-state index in [1.54, 1.807) is 0 Å². The van der Waals surface area contributed by atoms with E-state index in [0.717, 1.165) is 4.47 Å². The first kappa shape index (κ1) is 9.04. The van der Waals surface area contributed by atoms with Crippen molar-refractivity contribution in [2.75, 3.05) is 0 Å². The van der Waals surface area contributed by atoms with Crippen LogP contribution in [0, 0.1) is 0 Å². The van der Waals surface area contributed by atoms with Crippen LogP contribution in [0.3, 0.4) is 0 Å². The predicted octanol–water partition coefficient (Wildman–Crippen LogP) is 2.34. The van der Waals surface area contributed by atoms with E-state index in [0.29, 0.717) is 0 Å². The molecule has 0 bridgehead atoms. The van der Waals surface area contributed by atoms with Crippen molar-refractivity contribution in [2.24, 2.45) is 0 Å². The lowest BCUT2D eigenvalue weighted by Crippen LogP contribution is -1.98. The molecule has 1 nitrogen and oxygen atoms in total. The molecule has 1 aromatic heterocycles. The van der Waals surface area contributed by atoms with Crippen molar-refractivity contribution < 1.29 is 0 Å². The average Bonchev–Trinajstić information content (AvgIpc) is 2.56. The minimum atomic E-state index is 1.12. The van der Waals surface area contributed by atoms with Crippen LogP contribution in [-0.4, -0.2) is 12.8 Å². The summed E-state index contributed by atoms with van der Waals surface area (Å²) in [7, 11) is 2.12. The smallest absolute Gasteiger partial charge is 0.139 e. The minimum absolute atomic E-state index is 1.12. The van der Waals surface area contributed by atoms with Crippen LogP contribution in [0.25, 0.3) is 21.8 Å². The molecule has 0 aliphatic rings. The lowest BCUT2D eigenvalue weighted by atomic mass is 9.94. The second-order valence-corrected chi connectivity index (χ2v) is 4.78. The number of aromatic amines is 1. The van der Waals surface area contributed by atoms with Crippen molar-refractivity contribution in [1.82, 2.24) is 4.98 Å². The number of hydrogen-bond donors (Lipinski definition) is 1. The second kappa shape index (κ2) is 3.14. The van der Waals surface area contributed by atoms with Crippen molar-refractivity contribution >= 4 is 51.0 Å². The molecule has 1 heterocycles. The molecule has 0 fully saturated rings. The number of fused-ring (bicyclic) bond motifs is 3. The Balaban J connectivity index is 2.55. The van der Waals surface area contributed by atoms with Crippen LogP contribution in [0.4, 0.5) is 0 Å². The Morgan fingerprint density at radius 3 is 2.40 bits per heavy atom. The fourth-order valence-corrected chi connectivity index (χ4v) is 2.34. The highest BCUT2D eigenvalue weighted by Gasteiger charge is 2.03. The summed E-state index contributed by atoms with van der Waals surface area (Å²) in [5.74, 6) is 0. The quantitative estimate of drug-likeness (QED) is 0.595. The molecule has 0 atom stereocenters. The third-order valence-corrected chi connectivity index (χ3v) is 3.21. The van der Waals surface area contributed by atoms with E-state index in [1.807, 2.05) is 0 Å². The first-order chi connectivity index (χ1) is 7.24. The molecule has 0 unspecified atom stereocenters. The van der Waals surface area contributed by atoms with Gasteiger partial charge in [0.25, 0.3) is 0 Å². The number of hydrogen-bond acceptors (Lipinski definition) is 0. The van der Waals surface area contributed by atoms with Gasteiger partial charge in [-0.15, -0.1) is 0 Å². The SMILES string of the molecule is Bc1ccc2[nH]c3ccc(Br)cc3c2c1. The maximum absolute atomic E-state index is 3.51. The minimum Gasteiger partial charge on any atom is -0.355 e. The van der Waals surface area contributed by atoms with Gasteiger partial charge < -0.3 is 4.98 Å². The molecule has 0 amide bonds. The number of nitrogens with one attached hydrogen (secondary N) is 1. The monoisotopic (exact) mass is 257 g/mol. The predicted molar refractivity (Wildman–Crippen MR) is 71.7 cm³/mol. The van der Waals surface area contributed by atoms with Gasteiger partial charge in [-0.3, -0.25) is 0 Å². The van der Waals surface area contributed by atoms with Crippen molar-refractivity contribution in [3.8, 4) is 0 Å². The van der Waals surface area contributed by atoms with Crippen molar-refractivity contribution in [1.29, 1.82) is 0 Å². The fraction of sp³-hybridized carbons (Fsp3) is 0. The Hall–Kier alpha value is -1.22. The maximum atomic E-state index is 3.51. The summed E-state index contributed by atoms with van der Waals surface area (Å²) in [5.41, 5.74) is 3.69. The normalized spacial score (nSPS) is 11.3. The highest BCUT2D eigenvalue weighted by molar-refractivity contribution is 9.10. The molecular weight excluding hydrogens is 249 g/mol. The Morgan fingerprint density at radius 1 is 0.933 bits per heavy atom. The number of aromatic nitrogens is 1. The van der Waals surface area contributed by atoms with Gasteiger partial charge in [0.1, 0.15) is 7.85 Å². The van der Waals surface area contributed by atoms with Gasteiger partial charge in [0.2, 0.25) is 0 Å². The van der Waals surface area contributed by atoms with Crippen molar-refractivity contribution in [3.63, 3.8) is 0 Å². The van der Waals surface area contributed by atoms with E-state index >= 15 is 0 Å². The first-order valence-electron chi connectivity index (χ1n) is 4.92. The van der Waals surface area contributed by atoms with Gasteiger partial charge in [-0.2, -0.15) is 0 Å². The summed E-state index contributed by atoms with van der Waals surface area (Å²) in [4.78, 5) is 3.41. The summed E-state index contributed by atoms with van der Waals surface area (Å²) < 4.78 is 1.12. The number of H-pyrrole nitrogens is 1. The van der Waals surface area contributed by atoms with Crippen LogP contribution in [0.5, 0.6) is 0 Å². The molecule has 72 valence electrons. The summed E-state index contributed by atoms with van der Waals surface area (Å²) in [6.07, 6.45) is 0. The summed E-state index contributed by atoms with van der Waals surface area (Å²) in [5, 5.41) is 2.58. The van der Waals surface area contributed by atoms with Gasteiger partial charge in [-0.25, -0.2) is 0 Å². The van der Waals surface area contributed by atoms with Crippen LogP contribution >= 0.6 is 15.9 Å². The van der Waals surface area contributed by atoms with E-state index < -0.39 is 0 Å². The van der Waals surface area contributed by atoms with E-state index in [1.165, 1.54) is 27.3 Å². The lowest BCUT2D eigenvalue weighted by molar-refractivity contribution is 1.54. The Labute approximate surface area is 97.0 Å². The topological polar surface area (TPSA) is 15.8 Å². The highest BCUT2D eigenvalue weighted by atomic mass is 79.9. The molecular formula is C12H9BBrN. The largest absolute Gasteiger partial charge is 0.355 e. The summed E-state index contributed by atoms with van der Waals surface area (Å²) in [6, 6.07) is 12.8. The van der Waals surface area contributed by atoms with Crippen LogP contribution < -0.4 is 5.46 Å². The van der Waals surface area contributed by atoms with Crippen molar-refractivity contribution in [2.45, 2.75) is 0 Å². The Bertz CT molecular complexity index is 601. The van der Waals surface area contributed by atoms with Crippen LogP contribution in [-0.2, 0) is 0 Å². The van der Waals surface area contributed by atoms with Gasteiger partial charge >= 0.3 is 0 Å². The van der Waals surface area contributed by atoms with E-state index in [4.69, 9.17) is 0 Å². The molecule has 0 saturated heterocycles. The lowest BCUT2D eigenvalue weighted by Gasteiger charge is -1.94. The third-order valence-electron chi connectivity index (χ3n) is 2.72. The molecule has 3 aromatic rings. The van der Waals surface area contributed by atoms with E-state index in [9.17, 15) is 0 Å². The third kappa shape index (κ3) is 1.38. The Kier molecular flexibility index (Phi) is 1.89. The van der Waals surface area contributed by atoms with Crippen LogP contribution in [0.1, 0.15) is 0 Å². The molecule has 0 spiro atoms. The molecule has 2 aromatic carbocycles. The van der Waals surface area contributed by atoms with E-state index in [-0.39, 0.29) is 0 Å². The second-order valence-electron chi connectivity index (χ2n) is 3.86. The van der Waals surface area contributed by atoms with Gasteiger partial charge in [-0.1, -0.05) is 33.5 Å². The molecule has 3 heteroatoms. The molecule has 0 saturated carbocycles. The van der Waals surface area contributed by atoms with Gasteiger partial charge in [0, 0.05) is 26.3 Å². The van der Waals surface area contributed by atoms with Crippen LogP contribution in [0.2, 0.25) is 0 Å².